The molecule has 1 amide bonds. The predicted molar refractivity (Wildman–Crippen MR) is 83.0 cm³/mol. The van der Waals surface area contributed by atoms with E-state index < -0.39 is 0 Å². The zero-order chi connectivity index (χ0) is 14.4. The van der Waals surface area contributed by atoms with Crippen molar-refractivity contribution < 1.29 is 4.79 Å². The average molecular weight is 275 g/mol. The van der Waals surface area contributed by atoms with Crippen LogP contribution in [-0.4, -0.2) is 32.1 Å². The van der Waals surface area contributed by atoms with Gasteiger partial charge in [-0.05, 0) is 37.1 Å². The van der Waals surface area contributed by atoms with E-state index in [-0.39, 0.29) is 5.91 Å². The van der Waals surface area contributed by atoms with Gasteiger partial charge in [0.1, 0.15) is 0 Å². The summed E-state index contributed by atoms with van der Waals surface area (Å²) in [5.74, 6) is 0.116. The molecule has 110 valence electrons. The van der Waals surface area contributed by atoms with E-state index in [4.69, 9.17) is 0 Å². The minimum Gasteiger partial charge on any atom is -0.362 e. The Morgan fingerprint density at radius 2 is 2.05 bits per heavy atom. The number of carbonyl (C=O) groups excluding carboxylic acids is 1. The van der Waals surface area contributed by atoms with E-state index in [0.29, 0.717) is 12.6 Å². The van der Waals surface area contributed by atoms with Crippen molar-refractivity contribution in [2.24, 2.45) is 0 Å². The van der Waals surface area contributed by atoms with Gasteiger partial charge in [-0.15, -0.1) is 0 Å². The monoisotopic (exact) mass is 275 g/mol. The minimum absolute atomic E-state index is 0.116. The summed E-state index contributed by atoms with van der Waals surface area (Å²) in [6.45, 7) is 7.48. The number of carbonyl (C=O) groups is 1. The summed E-state index contributed by atoms with van der Waals surface area (Å²) >= 11 is 0. The van der Waals surface area contributed by atoms with Crippen LogP contribution < -0.4 is 15.5 Å². The highest BCUT2D eigenvalue weighted by Crippen LogP contribution is 2.21. The second-order valence-electron chi connectivity index (χ2n) is 5.24. The van der Waals surface area contributed by atoms with E-state index >= 15 is 0 Å². The summed E-state index contributed by atoms with van der Waals surface area (Å²) in [6, 6.07) is 9.03. The van der Waals surface area contributed by atoms with Gasteiger partial charge >= 0.3 is 0 Å². The van der Waals surface area contributed by atoms with Crippen molar-refractivity contribution in [3.63, 3.8) is 0 Å². The molecule has 0 aliphatic carbocycles. The summed E-state index contributed by atoms with van der Waals surface area (Å²) in [6.07, 6.45) is 2.09. The Labute approximate surface area is 121 Å². The van der Waals surface area contributed by atoms with Crippen molar-refractivity contribution in [3.05, 3.63) is 29.8 Å². The topological polar surface area (TPSA) is 44.4 Å². The minimum atomic E-state index is 0.116. The molecule has 4 nitrogen and oxygen atoms in total. The maximum atomic E-state index is 11.6. The predicted octanol–water partition coefficient (Wildman–Crippen LogP) is 2.07. The third-order valence-corrected chi connectivity index (χ3v) is 3.78. The first-order chi connectivity index (χ1) is 9.74. The lowest BCUT2D eigenvalue weighted by Gasteiger charge is -2.23. The first-order valence-corrected chi connectivity index (χ1v) is 7.59. The molecule has 0 bridgehead atoms. The molecule has 1 aliphatic heterocycles. The van der Waals surface area contributed by atoms with Gasteiger partial charge in [0.25, 0.3) is 0 Å². The molecular formula is C16H25N3O. The molecule has 20 heavy (non-hydrogen) atoms. The maximum Gasteiger partial charge on any atom is 0.239 e. The normalized spacial score (nSPS) is 17.5. The van der Waals surface area contributed by atoms with Crippen molar-refractivity contribution in [2.75, 3.05) is 31.1 Å². The van der Waals surface area contributed by atoms with Crippen LogP contribution in [0.5, 0.6) is 0 Å². The smallest absolute Gasteiger partial charge is 0.239 e. The van der Waals surface area contributed by atoms with Crippen molar-refractivity contribution in [3.8, 4) is 0 Å². The molecule has 2 rings (SSSR count). The van der Waals surface area contributed by atoms with Crippen LogP contribution in [0.2, 0.25) is 0 Å². The number of benzene rings is 1. The molecule has 1 atom stereocenters. The van der Waals surface area contributed by atoms with E-state index in [1.807, 2.05) is 0 Å². The first-order valence-electron chi connectivity index (χ1n) is 7.59. The molecule has 1 aromatic carbocycles. The van der Waals surface area contributed by atoms with E-state index in [1.165, 1.54) is 5.56 Å². The SMILES string of the molecule is CCNC(CC)c1ccc(N2CCCNC(=O)C2)cc1. The number of anilines is 1. The number of nitrogens with zero attached hydrogens (tertiary/aromatic N) is 1. The Balaban J connectivity index is 2.08. The van der Waals surface area contributed by atoms with Crippen molar-refractivity contribution in [1.82, 2.24) is 10.6 Å². The molecule has 0 saturated carbocycles. The van der Waals surface area contributed by atoms with Crippen molar-refractivity contribution in [1.29, 1.82) is 0 Å². The van der Waals surface area contributed by atoms with Crippen LogP contribution in [0.15, 0.2) is 24.3 Å². The Kier molecular flexibility index (Phi) is 5.41. The average Bonchev–Trinajstić information content (AvgIpc) is 2.69. The van der Waals surface area contributed by atoms with Crippen LogP contribution >= 0.6 is 0 Å². The van der Waals surface area contributed by atoms with E-state index in [1.54, 1.807) is 0 Å². The third-order valence-electron chi connectivity index (χ3n) is 3.78. The van der Waals surface area contributed by atoms with Crippen LogP contribution in [0.4, 0.5) is 5.69 Å². The Morgan fingerprint density at radius 1 is 1.30 bits per heavy atom. The summed E-state index contributed by atoms with van der Waals surface area (Å²) < 4.78 is 0. The zero-order valence-electron chi connectivity index (χ0n) is 12.5. The van der Waals surface area contributed by atoms with Gasteiger partial charge in [0.2, 0.25) is 5.91 Å². The fourth-order valence-electron chi connectivity index (χ4n) is 2.69. The van der Waals surface area contributed by atoms with Gasteiger partial charge in [-0.1, -0.05) is 26.0 Å². The number of hydrogen-bond donors (Lipinski definition) is 2. The fraction of sp³-hybridized carbons (Fsp3) is 0.562. The largest absolute Gasteiger partial charge is 0.362 e. The molecule has 0 spiro atoms. The van der Waals surface area contributed by atoms with Crippen LogP contribution in [0.3, 0.4) is 0 Å². The summed E-state index contributed by atoms with van der Waals surface area (Å²) in [4.78, 5) is 13.8. The lowest BCUT2D eigenvalue weighted by Crippen LogP contribution is -2.33. The molecule has 2 N–H and O–H groups in total. The summed E-state index contributed by atoms with van der Waals surface area (Å²) in [5.41, 5.74) is 2.45. The van der Waals surface area contributed by atoms with E-state index in [2.05, 4.69) is 53.6 Å². The molecule has 1 aliphatic rings. The Bertz CT molecular complexity index is 430. The zero-order valence-corrected chi connectivity index (χ0v) is 12.5. The van der Waals surface area contributed by atoms with Gasteiger partial charge in [-0.25, -0.2) is 0 Å². The second kappa shape index (κ2) is 7.29. The van der Waals surface area contributed by atoms with Crippen LogP contribution in [0.1, 0.15) is 38.3 Å². The molecule has 0 aromatic heterocycles. The first kappa shape index (κ1) is 14.9. The molecular weight excluding hydrogens is 250 g/mol. The molecule has 4 heteroatoms. The Morgan fingerprint density at radius 3 is 2.70 bits per heavy atom. The van der Waals surface area contributed by atoms with Crippen LogP contribution in [0.25, 0.3) is 0 Å². The maximum absolute atomic E-state index is 11.6. The van der Waals surface area contributed by atoms with Crippen LogP contribution in [-0.2, 0) is 4.79 Å². The Hall–Kier alpha value is -1.55. The number of hydrogen-bond acceptors (Lipinski definition) is 3. The third kappa shape index (κ3) is 3.73. The number of nitrogens with one attached hydrogen (secondary N) is 2. The molecule has 1 aromatic rings. The van der Waals surface area contributed by atoms with E-state index in [0.717, 1.165) is 38.2 Å². The quantitative estimate of drug-likeness (QED) is 0.864. The standard InChI is InChI=1S/C16H25N3O/c1-3-15(17-4-2)13-6-8-14(9-7-13)19-11-5-10-18-16(20)12-19/h6-9,15,17H,3-5,10-12H2,1-2H3,(H,18,20). The molecule has 1 fully saturated rings. The van der Waals surface area contributed by atoms with Gasteiger partial charge in [-0.3, -0.25) is 4.79 Å². The summed E-state index contributed by atoms with van der Waals surface area (Å²) in [7, 11) is 0. The molecule has 1 saturated heterocycles. The van der Waals surface area contributed by atoms with Gasteiger partial charge < -0.3 is 15.5 Å². The highest BCUT2D eigenvalue weighted by Gasteiger charge is 2.15. The highest BCUT2D eigenvalue weighted by atomic mass is 16.2. The van der Waals surface area contributed by atoms with Crippen molar-refractivity contribution >= 4 is 11.6 Å². The molecule has 1 unspecified atom stereocenters. The van der Waals surface area contributed by atoms with Gasteiger partial charge in [0, 0.05) is 24.8 Å². The lowest BCUT2D eigenvalue weighted by molar-refractivity contribution is -0.119. The van der Waals surface area contributed by atoms with E-state index in [9.17, 15) is 4.79 Å². The van der Waals surface area contributed by atoms with Gasteiger partial charge in [0.05, 0.1) is 6.54 Å². The lowest BCUT2D eigenvalue weighted by atomic mass is 10.0. The van der Waals surface area contributed by atoms with Gasteiger partial charge in [0.15, 0.2) is 0 Å². The molecule has 0 radical (unpaired) electrons. The molecule has 1 heterocycles. The number of rotatable bonds is 5. The van der Waals surface area contributed by atoms with Crippen LogP contribution in [0, 0.1) is 0 Å². The van der Waals surface area contributed by atoms with Gasteiger partial charge in [-0.2, -0.15) is 0 Å². The summed E-state index contributed by atoms with van der Waals surface area (Å²) in [5, 5.41) is 6.40. The fourth-order valence-corrected chi connectivity index (χ4v) is 2.69. The second-order valence-corrected chi connectivity index (χ2v) is 5.24. The number of amides is 1. The highest BCUT2D eigenvalue weighted by molar-refractivity contribution is 5.81. The van der Waals surface area contributed by atoms with Crippen molar-refractivity contribution in [2.45, 2.75) is 32.7 Å².